The number of hydrogen-bond acceptors (Lipinski definition) is 3. The molecule has 15 heavy (non-hydrogen) atoms. The molecule has 0 fully saturated rings. The van der Waals surface area contributed by atoms with Crippen LogP contribution in [0.25, 0.3) is 0 Å². The Labute approximate surface area is 90.9 Å². The number of hydrogen-bond donors (Lipinski definition) is 0. The molecule has 80 valence electrons. The van der Waals surface area contributed by atoms with Crippen molar-refractivity contribution in [2.75, 3.05) is 19.1 Å². The van der Waals surface area contributed by atoms with E-state index >= 15 is 0 Å². The third kappa shape index (κ3) is 2.88. The summed E-state index contributed by atoms with van der Waals surface area (Å²) in [7, 11) is 3.64. The van der Waals surface area contributed by atoms with E-state index in [9.17, 15) is 0 Å². The summed E-state index contributed by atoms with van der Waals surface area (Å²) in [6, 6.07) is 10.2. The maximum Gasteiger partial charge on any atom is 0.119 e. The molecule has 3 nitrogen and oxygen atoms in total. The second-order valence-electron chi connectivity index (χ2n) is 3.52. The van der Waals surface area contributed by atoms with Gasteiger partial charge in [0.1, 0.15) is 5.75 Å². The molecule has 0 aliphatic heterocycles. The van der Waals surface area contributed by atoms with E-state index in [2.05, 4.69) is 11.0 Å². The van der Waals surface area contributed by atoms with Crippen LogP contribution in [0.15, 0.2) is 24.3 Å². The van der Waals surface area contributed by atoms with Gasteiger partial charge in [0.25, 0.3) is 0 Å². The lowest BCUT2D eigenvalue weighted by atomic mass is 10.2. The first-order chi connectivity index (χ1) is 7.19. The predicted octanol–water partition coefficient (Wildman–Crippen LogP) is 2.43. The van der Waals surface area contributed by atoms with E-state index < -0.39 is 0 Å². The summed E-state index contributed by atoms with van der Waals surface area (Å²) in [6.45, 7) is 2.04. The molecule has 0 N–H and O–H groups in total. The quantitative estimate of drug-likeness (QED) is 0.755. The van der Waals surface area contributed by atoms with E-state index in [1.165, 1.54) is 0 Å². The van der Waals surface area contributed by atoms with E-state index in [1.807, 2.05) is 38.2 Å². The van der Waals surface area contributed by atoms with Crippen molar-refractivity contribution in [2.45, 2.75) is 19.4 Å². The lowest BCUT2D eigenvalue weighted by molar-refractivity contribution is 0.415. The minimum absolute atomic E-state index is 0.225. The minimum atomic E-state index is 0.225. The number of rotatable bonds is 4. The molecular weight excluding hydrogens is 188 g/mol. The Kier molecular flexibility index (Phi) is 3.99. The Balaban J connectivity index is 2.74. The molecule has 0 radical (unpaired) electrons. The maximum absolute atomic E-state index is 8.62. The van der Waals surface area contributed by atoms with E-state index in [0.717, 1.165) is 11.4 Å². The number of anilines is 1. The van der Waals surface area contributed by atoms with Crippen molar-refractivity contribution in [1.29, 1.82) is 5.26 Å². The van der Waals surface area contributed by atoms with Crippen molar-refractivity contribution in [2.24, 2.45) is 0 Å². The van der Waals surface area contributed by atoms with Crippen LogP contribution >= 0.6 is 0 Å². The Bertz CT molecular complexity index is 340. The average molecular weight is 204 g/mol. The number of methoxy groups -OCH3 is 1. The Morgan fingerprint density at radius 2 is 2.00 bits per heavy atom. The molecule has 0 spiro atoms. The summed E-state index contributed by atoms with van der Waals surface area (Å²) in [4.78, 5) is 2.09. The molecular formula is C12H16N2O. The van der Waals surface area contributed by atoms with Gasteiger partial charge < -0.3 is 9.64 Å². The largest absolute Gasteiger partial charge is 0.497 e. The van der Waals surface area contributed by atoms with Gasteiger partial charge in [0.15, 0.2) is 0 Å². The number of nitriles is 1. The fourth-order valence-corrected chi connectivity index (χ4v) is 1.34. The topological polar surface area (TPSA) is 36.3 Å². The first-order valence-corrected chi connectivity index (χ1v) is 4.93. The van der Waals surface area contributed by atoms with Gasteiger partial charge in [-0.3, -0.25) is 0 Å². The van der Waals surface area contributed by atoms with E-state index in [4.69, 9.17) is 10.00 Å². The van der Waals surface area contributed by atoms with Crippen LogP contribution in [-0.4, -0.2) is 20.2 Å². The van der Waals surface area contributed by atoms with Crippen molar-refractivity contribution in [3.8, 4) is 11.8 Å². The molecule has 0 amide bonds. The third-order valence-electron chi connectivity index (χ3n) is 2.53. The second kappa shape index (κ2) is 5.26. The molecule has 0 heterocycles. The van der Waals surface area contributed by atoms with Gasteiger partial charge in [-0.15, -0.1) is 0 Å². The SMILES string of the molecule is COc1ccc(N(C)C(C)CC#N)cc1. The highest BCUT2D eigenvalue weighted by Gasteiger charge is 2.08. The molecule has 0 bridgehead atoms. The van der Waals surface area contributed by atoms with Crippen LogP contribution in [-0.2, 0) is 0 Å². The van der Waals surface area contributed by atoms with E-state index in [1.54, 1.807) is 7.11 Å². The van der Waals surface area contributed by atoms with Gasteiger partial charge in [-0.05, 0) is 31.2 Å². The highest BCUT2D eigenvalue weighted by atomic mass is 16.5. The standard InChI is InChI=1S/C12H16N2O/c1-10(8-9-13)14(2)11-4-6-12(15-3)7-5-11/h4-7,10H,8H2,1-3H3. The number of nitrogens with zero attached hydrogens (tertiary/aromatic N) is 2. The van der Waals surface area contributed by atoms with Crippen molar-refractivity contribution < 1.29 is 4.74 Å². The highest BCUT2D eigenvalue weighted by molar-refractivity contribution is 5.49. The first-order valence-electron chi connectivity index (χ1n) is 4.93. The van der Waals surface area contributed by atoms with Gasteiger partial charge in [-0.2, -0.15) is 5.26 Å². The molecule has 0 saturated carbocycles. The van der Waals surface area contributed by atoms with E-state index in [0.29, 0.717) is 6.42 Å². The number of ether oxygens (including phenoxy) is 1. The summed E-state index contributed by atoms with van der Waals surface area (Å²) in [5.74, 6) is 0.847. The molecule has 0 aromatic heterocycles. The molecule has 1 rings (SSSR count). The third-order valence-corrected chi connectivity index (χ3v) is 2.53. The lowest BCUT2D eigenvalue weighted by Gasteiger charge is -2.25. The van der Waals surface area contributed by atoms with E-state index in [-0.39, 0.29) is 6.04 Å². The summed E-state index contributed by atoms with van der Waals surface area (Å²) >= 11 is 0. The van der Waals surface area contributed by atoms with Crippen LogP contribution in [0.5, 0.6) is 5.75 Å². The molecule has 1 aromatic carbocycles. The van der Waals surface area contributed by atoms with Crippen molar-refractivity contribution in [1.82, 2.24) is 0 Å². The zero-order valence-corrected chi connectivity index (χ0v) is 9.40. The normalized spacial score (nSPS) is 11.6. The smallest absolute Gasteiger partial charge is 0.119 e. The first kappa shape index (κ1) is 11.4. The van der Waals surface area contributed by atoms with Crippen LogP contribution in [0.2, 0.25) is 0 Å². The van der Waals surface area contributed by atoms with Crippen LogP contribution in [0.3, 0.4) is 0 Å². The molecule has 0 saturated heterocycles. The zero-order valence-electron chi connectivity index (χ0n) is 9.40. The Morgan fingerprint density at radius 1 is 1.40 bits per heavy atom. The molecule has 0 aliphatic rings. The van der Waals surface area contributed by atoms with Gasteiger partial charge >= 0.3 is 0 Å². The fraction of sp³-hybridized carbons (Fsp3) is 0.417. The van der Waals surface area contributed by atoms with Crippen LogP contribution < -0.4 is 9.64 Å². The average Bonchev–Trinajstić information content (AvgIpc) is 2.28. The van der Waals surface area contributed by atoms with Crippen LogP contribution in [0.4, 0.5) is 5.69 Å². The van der Waals surface area contributed by atoms with Crippen molar-refractivity contribution in [3.63, 3.8) is 0 Å². The Hall–Kier alpha value is -1.69. The van der Waals surface area contributed by atoms with Gasteiger partial charge in [0.05, 0.1) is 19.6 Å². The Morgan fingerprint density at radius 3 is 2.47 bits per heavy atom. The monoisotopic (exact) mass is 204 g/mol. The van der Waals surface area contributed by atoms with Crippen molar-refractivity contribution >= 4 is 5.69 Å². The summed E-state index contributed by atoms with van der Waals surface area (Å²) in [6.07, 6.45) is 0.530. The van der Waals surface area contributed by atoms with Crippen molar-refractivity contribution in [3.05, 3.63) is 24.3 Å². The minimum Gasteiger partial charge on any atom is -0.497 e. The van der Waals surface area contributed by atoms with Gasteiger partial charge in [0, 0.05) is 18.8 Å². The molecule has 0 aliphatic carbocycles. The van der Waals surface area contributed by atoms with Gasteiger partial charge in [-0.25, -0.2) is 0 Å². The fourth-order valence-electron chi connectivity index (χ4n) is 1.34. The molecule has 3 heteroatoms. The summed E-state index contributed by atoms with van der Waals surface area (Å²) < 4.78 is 5.09. The molecule has 1 atom stereocenters. The van der Waals surface area contributed by atoms with Gasteiger partial charge in [-0.1, -0.05) is 0 Å². The number of benzene rings is 1. The maximum atomic E-state index is 8.62. The molecule has 1 unspecified atom stereocenters. The van der Waals surface area contributed by atoms with Crippen LogP contribution in [0.1, 0.15) is 13.3 Å². The predicted molar refractivity (Wildman–Crippen MR) is 61.1 cm³/mol. The molecule has 1 aromatic rings. The van der Waals surface area contributed by atoms with Crippen LogP contribution in [0, 0.1) is 11.3 Å². The zero-order chi connectivity index (χ0) is 11.3. The highest BCUT2D eigenvalue weighted by Crippen LogP contribution is 2.20. The lowest BCUT2D eigenvalue weighted by Crippen LogP contribution is -2.28. The van der Waals surface area contributed by atoms with Gasteiger partial charge in [0.2, 0.25) is 0 Å². The summed E-state index contributed by atoms with van der Waals surface area (Å²) in [5.41, 5.74) is 1.10. The second-order valence-corrected chi connectivity index (χ2v) is 3.52. The summed E-state index contributed by atoms with van der Waals surface area (Å²) in [5, 5.41) is 8.62.